The Balaban J connectivity index is 2.53. The lowest BCUT2D eigenvalue weighted by atomic mass is 10.1. The van der Waals surface area contributed by atoms with Crippen LogP contribution in [0, 0.1) is 27.7 Å². The maximum atomic E-state index is 6.05. The molecule has 2 N–H and O–H groups in total. The normalized spacial score (nSPS) is 10.7. The smallest absolute Gasteiger partial charge is 0.228 e. The molecule has 0 unspecified atom stereocenters. The lowest BCUT2D eigenvalue weighted by molar-refractivity contribution is 0.426. The van der Waals surface area contributed by atoms with Crippen molar-refractivity contribution in [1.82, 2.24) is 9.78 Å². The highest BCUT2D eigenvalue weighted by Crippen LogP contribution is 2.31. The van der Waals surface area contributed by atoms with Gasteiger partial charge in [0.1, 0.15) is 10.7 Å². The molecule has 20 heavy (non-hydrogen) atoms. The van der Waals surface area contributed by atoms with E-state index in [1.54, 1.807) is 4.68 Å². The number of hydrogen-bond donors (Lipinski definition) is 1. The number of nitrogens with zero attached hydrogens (tertiary/aromatic N) is 2. The molecule has 1 aromatic carbocycles. The molecule has 2 rings (SSSR count). The topological polar surface area (TPSA) is 53.1 Å². The minimum absolute atomic E-state index is 0.299. The van der Waals surface area contributed by atoms with Gasteiger partial charge in [-0.3, -0.25) is 0 Å². The van der Waals surface area contributed by atoms with Crippen LogP contribution in [0.25, 0.3) is 0 Å². The molecule has 0 bridgehead atoms. The number of aryl methyl sites for hydroxylation is 4. The Labute approximate surface area is 124 Å². The number of rotatable bonds is 3. The molecule has 0 saturated carbocycles. The summed E-state index contributed by atoms with van der Waals surface area (Å²) in [6.07, 6.45) is 0. The molecule has 0 saturated heterocycles. The fourth-order valence-electron chi connectivity index (χ4n) is 2.25. The van der Waals surface area contributed by atoms with Gasteiger partial charge in [-0.2, -0.15) is 5.10 Å². The van der Waals surface area contributed by atoms with Gasteiger partial charge in [0, 0.05) is 7.05 Å². The molecule has 0 radical (unpaired) electrons. The molecule has 5 heteroatoms. The average Bonchev–Trinajstić information content (AvgIpc) is 2.60. The van der Waals surface area contributed by atoms with Gasteiger partial charge < -0.3 is 10.5 Å². The van der Waals surface area contributed by atoms with Crippen molar-refractivity contribution in [2.24, 2.45) is 12.8 Å². The van der Waals surface area contributed by atoms with Gasteiger partial charge in [-0.1, -0.05) is 18.3 Å². The van der Waals surface area contributed by atoms with Gasteiger partial charge >= 0.3 is 0 Å². The maximum Gasteiger partial charge on any atom is 0.228 e. The molecule has 0 aliphatic carbocycles. The van der Waals surface area contributed by atoms with Crippen molar-refractivity contribution in [2.75, 3.05) is 0 Å². The van der Waals surface area contributed by atoms with E-state index in [2.05, 4.69) is 18.1 Å². The van der Waals surface area contributed by atoms with Crippen molar-refractivity contribution in [3.8, 4) is 11.6 Å². The molecular formula is C15H19N3OS. The van der Waals surface area contributed by atoms with E-state index < -0.39 is 0 Å². The molecule has 0 amide bonds. The summed E-state index contributed by atoms with van der Waals surface area (Å²) in [5, 5.41) is 4.33. The molecule has 0 fully saturated rings. The van der Waals surface area contributed by atoms with Gasteiger partial charge in [0.25, 0.3) is 0 Å². The summed E-state index contributed by atoms with van der Waals surface area (Å²) in [4.78, 5) is 0.299. The minimum atomic E-state index is 0.299. The number of benzene rings is 1. The molecule has 1 heterocycles. The molecule has 0 atom stereocenters. The number of aromatic nitrogens is 2. The van der Waals surface area contributed by atoms with Crippen LogP contribution in [0.2, 0.25) is 0 Å². The van der Waals surface area contributed by atoms with Crippen LogP contribution in [0.3, 0.4) is 0 Å². The zero-order valence-electron chi connectivity index (χ0n) is 12.4. The Kier molecular flexibility index (Phi) is 3.81. The van der Waals surface area contributed by atoms with Crippen molar-refractivity contribution in [3.63, 3.8) is 0 Å². The van der Waals surface area contributed by atoms with Crippen LogP contribution in [0.4, 0.5) is 0 Å². The van der Waals surface area contributed by atoms with Gasteiger partial charge in [-0.05, 0) is 50.5 Å². The maximum absolute atomic E-state index is 6.05. The summed E-state index contributed by atoms with van der Waals surface area (Å²) in [5.41, 5.74) is 10.7. The van der Waals surface area contributed by atoms with Crippen LogP contribution >= 0.6 is 12.2 Å². The summed E-state index contributed by atoms with van der Waals surface area (Å²) in [5.74, 6) is 1.39. The molecule has 0 aliphatic heterocycles. The van der Waals surface area contributed by atoms with Crippen molar-refractivity contribution < 1.29 is 4.74 Å². The van der Waals surface area contributed by atoms with Crippen LogP contribution < -0.4 is 10.5 Å². The summed E-state index contributed by atoms with van der Waals surface area (Å²) >= 11 is 5.10. The van der Waals surface area contributed by atoms with E-state index in [0.29, 0.717) is 16.4 Å². The standard InChI is InChI=1S/C15H19N3OS/c1-8-6-9(2)10(3)12(7-8)19-15-13(14(16)20)11(4)17-18(15)5/h6-7H,1-5H3,(H2,16,20). The van der Waals surface area contributed by atoms with Crippen LogP contribution in [0.15, 0.2) is 12.1 Å². The number of thiocarbonyl (C=S) groups is 1. The minimum Gasteiger partial charge on any atom is -0.438 e. The van der Waals surface area contributed by atoms with Crippen molar-refractivity contribution in [2.45, 2.75) is 27.7 Å². The second kappa shape index (κ2) is 5.25. The SMILES string of the molecule is Cc1cc(C)c(C)c(Oc2c(C(N)=S)c(C)nn2C)c1. The molecular weight excluding hydrogens is 270 g/mol. The van der Waals surface area contributed by atoms with Gasteiger partial charge in [-0.25, -0.2) is 4.68 Å². The number of nitrogens with two attached hydrogens (primary N) is 1. The van der Waals surface area contributed by atoms with Crippen molar-refractivity contribution in [1.29, 1.82) is 0 Å². The highest BCUT2D eigenvalue weighted by molar-refractivity contribution is 7.80. The Hall–Kier alpha value is -1.88. The molecule has 0 aliphatic rings. The van der Waals surface area contributed by atoms with E-state index in [-0.39, 0.29) is 0 Å². The second-order valence-electron chi connectivity index (χ2n) is 5.06. The molecule has 106 valence electrons. The number of hydrogen-bond acceptors (Lipinski definition) is 3. The van der Waals surface area contributed by atoms with Crippen LogP contribution in [-0.2, 0) is 7.05 Å². The highest BCUT2D eigenvalue weighted by atomic mass is 32.1. The highest BCUT2D eigenvalue weighted by Gasteiger charge is 2.18. The summed E-state index contributed by atoms with van der Waals surface area (Å²) in [6.45, 7) is 8.02. The zero-order chi connectivity index (χ0) is 15.0. The summed E-state index contributed by atoms with van der Waals surface area (Å²) < 4.78 is 7.72. The lowest BCUT2D eigenvalue weighted by Crippen LogP contribution is -2.11. The largest absolute Gasteiger partial charge is 0.438 e. The van der Waals surface area contributed by atoms with E-state index in [0.717, 1.165) is 22.6 Å². The Bertz CT molecular complexity index is 689. The third kappa shape index (κ3) is 2.54. The van der Waals surface area contributed by atoms with E-state index in [1.165, 1.54) is 5.56 Å². The molecule has 2 aromatic rings. The average molecular weight is 289 g/mol. The zero-order valence-corrected chi connectivity index (χ0v) is 13.3. The van der Waals surface area contributed by atoms with Crippen molar-refractivity contribution >= 4 is 17.2 Å². The number of ether oxygens (including phenoxy) is 1. The van der Waals surface area contributed by atoms with Gasteiger partial charge in [0.05, 0.1) is 11.3 Å². The van der Waals surface area contributed by atoms with Gasteiger partial charge in [-0.15, -0.1) is 0 Å². The fraction of sp³-hybridized carbons (Fsp3) is 0.333. The molecule has 4 nitrogen and oxygen atoms in total. The first-order valence-electron chi connectivity index (χ1n) is 6.40. The fourth-order valence-corrected chi connectivity index (χ4v) is 2.48. The molecule has 0 spiro atoms. The predicted molar refractivity (Wildman–Crippen MR) is 84.6 cm³/mol. The molecule has 1 aromatic heterocycles. The Morgan fingerprint density at radius 3 is 2.50 bits per heavy atom. The summed E-state index contributed by atoms with van der Waals surface area (Å²) in [6, 6.07) is 4.14. The quantitative estimate of drug-likeness (QED) is 0.882. The van der Waals surface area contributed by atoms with Gasteiger partial charge in [0.2, 0.25) is 5.88 Å². The van der Waals surface area contributed by atoms with Gasteiger partial charge in [0.15, 0.2) is 0 Å². The Morgan fingerprint density at radius 1 is 1.25 bits per heavy atom. The predicted octanol–water partition coefficient (Wildman–Crippen LogP) is 3.08. The first kappa shape index (κ1) is 14.5. The van der Waals surface area contributed by atoms with E-state index in [1.807, 2.05) is 33.9 Å². The van der Waals surface area contributed by atoms with Crippen molar-refractivity contribution in [3.05, 3.63) is 40.1 Å². The summed E-state index contributed by atoms with van der Waals surface area (Å²) in [7, 11) is 1.82. The van der Waals surface area contributed by atoms with E-state index in [9.17, 15) is 0 Å². The lowest BCUT2D eigenvalue weighted by Gasteiger charge is -2.13. The Morgan fingerprint density at radius 2 is 1.90 bits per heavy atom. The van der Waals surface area contributed by atoms with E-state index in [4.69, 9.17) is 22.7 Å². The first-order chi connectivity index (χ1) is 9.31. The monoisotopic (exact) mass is 289 g/mol. The first-order valence-corrected chi connectivity index (χ1v) is 6.81. The third-order valence-electron chi connectivity index (χ3n) is 3.39. The van der Waals surface area contributed by atoms with Crippen LogP contribution in [0.5, 0.6) is 11.6 Å². The van der Waals surface area contributed by atoms with Crippen LogP contribution in [0.1, 0.15) is 27.9 Å². The second-order valence-corrected chi connectivity index (χ2v) is 5.50. The third-order valence-corrected chi connectivity index (χ3v) is 3.59. The van der Waals surface area contributed by atoms with Crippen LogP contribution in [-0.4, -0.2) is 14.8 Å². The van der Waals surface area contributed by atoms with E-state index >= 15 is 0 Å².